The van der Waals surface area contributed by atoms with Crippen LogP contribution < -0.4 is 10.2 Å². The standard InChI is InChI=1S/C26H30N4O3.ClH/c1-2-3-15-24-29-23-18-27-22-14-8-7-13-21(22)25(23)30(24)33-16-9-12-20(28-26(31)32)17-19-10-5-4-6-11-19;/h4-8,10-11,13-14,18,20,28H,2-3,9,12,15-17H2,1H3,(H,31,32);1H. The predicted molar refractivity (Wildman–Crippen MR) is 137 cm³/mol. The van der Waals surface area contributed by atoms with Gasteiger partial charge in [0.1, 0.15) is 23.5 Å². The molecule has 0 aliphatic rings. The van der Waals surface area contributed by atoms with Crippen LogP contribution in [-0.4, -0.2) is 38.5 Å². The SMILES string of the molecule is CCCCc1nc2cnc3ccccc3c2n1OCCCC(Cc1ccccc1)NC(=O)O.Cl. The van der Waals surface area contributed by atoms with E-state index >= 15 is 0 Å². The van der Waals surface area contributed by atoms with E-state index < -0.39 is 6.09 Å². The largest absolute Gasteiger partial charge is 0.465 e. The highest BCUT2D eigenvalue weighted by Gasteiger charge is 2.16. The Morgan fingerprint density at radius 3 is 2.62 bits per heavy atom. The van der Waals surface area contributed by atoms with Crippen LogP contribution in [0.5, 0.6) is 0 Å². The monoisotopic (exact) mass is 482 g/mol. The zero-order valence-corrected chi connectivity index (χ0v) is 20.1. The van der Waals surface area contributed by atoms with Crippen molar-refractivity contribution in [2.45, 2.75) is 51.5 Å². The second-order valence-corrected chi connectivity index (χ2v) is 8.25. The van der Waals surface area contributed by atoms with Gasteiger partial charge in [-0.15, -0.1) is 12.4 Å². The molecule has 0 fully saturated rings. The number of benzene rings is 2. The van der Waals surface area contributed by atoms with Gasteiger partial charge in [0.15, 0.2) is 0 Å². The number of amides is 1. The summed E-state index contributed by atoms with van der Waals surface area (Å²) in [7, 11) is 0. The molecule has 0 saturated heterocycles. The average molecular weight is 483 g/mol. The summed E-state index contributed by atoms with van der Waals surface area (Å²) in [6.07, 6.45) is 5.78. The molecule has 1 amide bonds. The maximum Gasteiger partial charge on any atom is 0.404 e. The number of unbranched alkanes of at least 4 members (excludes halogenated alkanes) is 1. The molecule has 2 aromatic carbocycles. The topological polar surface area (TPSA) is 89.3 Å². The van der Waals surface area contributed by atoms with Crippen LogP contribution >= 0.6 is 12.4 Å². The number of halogens is 1. The molecule has 8 heteroatoms. The van der Waals surface area contributed by atoms with Gasteiger partial charge in [0.25, 0.3) is 0 Å². The van der Waals surface area contributed by atoms with Gasteiger partial charge in [0.05, 0.1) is 11.7 Å². The molecule has 0 aliphatic carbocycles. The smallest absolute Gasteiger partial charge is 0.404 e. The molecule has 4 aromatic rings. The van der Waals surface area contributed by atoms with Crippen molar-refractivity contribution in [3.63, 3.8) is 0 Å². The number of nitrogens with one attached hydrogen (secondary N) is 1. The number of pyridine rings is 1. The lowest BCUT2D eigenvalue weighted by atomic mass is 10.0. The molecule has 0 spiro atoms. The van der Waals surface area contributed by atoms with Crippen molar-refractivity contribution < 1.29 is 14.7 Å². The van der Waals surface area contributed by atoms with Crippen molar-refractivity contribution in [1.29, 1.82) is 0 Å². The van der Waals surface area contributed by atoms with E-state index in [-0.39, 0.29) is 18.4 Å². The molecule has 0 radical (unpaired) electrons. The Morgan fingerprint density at radius 2 is 1.85 bits per heavy atom. The lowest BCUT2D eigenvalue weighted by Crippen LogP contribution is -2.35. The zero-order chi connectivity index (χ0) is 23.0. The highest BCUT2D eigenvalue weighted by Crippen LogP contribution is 2.24. The first-order valence-corrected chi connectivity index (χ1v) is 11.6. The van der Waals surface area contributed by atoms with E-state index in [4.69, 9.17) is 9.82 Å². The molecule has 180 valence electrons. The molecule has 1 unspecified atom stereocenters. The van der Waals surface area contributed by atoms with Gasteiger partial charge in [-0.3, -0.25) is 4.98 Å². The summed E-state index contributed by atoms with van der Waals surface area (Å²) < 4.78 is 1.87. The third-order valence-electron chi connectivity index (χ3n) is 5.74. The van der Waals surface area contributed by atoms with Crippen molar-refractivity contribution in [1.82, 2.24) is 20.0 Å². The fourth-order valence-corrected chi connectivity index (χ4v) is 4.14. The summed E-state index contributed by atoms with van der Waals surface area (Å²) >= 11 is 0. The summed E-state index contributed by atoms with van der Waals surface area (Å²) in [6.45, 7) is 2.63. The van der Waals surface area contributed by atoms with E-state index in [1.54, 1.807) is 6.20 Å². The number of aryl methyl sites for hydroxylation is 1. The van der Waals surface area contributed by atoms with E-state index in [0.29, 0.717) is 25.9 Å². The van der Waals surface area contributed by atoms with Gasteiger partial charge < -0.3 is 15.3 Å². The summed E-state index contributed by atoms with van der Waals surface area (Å²) in [5.74, 6) is 0.898. The molecule has 0 bridgehead atoms. The molecule has 0 aliphatic heterocycles. The summed E-state index contributed by atoms with van der Waals surface area (Å²) in [5, 5.41) is 12.9. The van der Waals surface area contributed by atoms with Crippen molar-refractivity contribution in [3.05, 3.63) is 72.2 Å². The Labute approximate surface area is 205 Å². The Morgan fingerprint density at radius 1 is 1.09 bits per heavy atom. The van der Waals surface area contributed by atoms with Gasteiger partial charge in [0, 0.05) is 17.8 Å². The molecule has 34 heavy (non-hydrogen) atoms. The van der Waals surface area contributed by atoms with Gasteiger partial charge in [-0.05, 0) is 37.3 Å². The van der Waals surface area contributed by atoms with E-state index in [2.05, 4.69) is 17.2 Å². The lowest BCUT2D eigenvalue weighted by molar-refractivity contribution is 0.107. The lowest BCUT2D eigenvalue weighted by Gasteiger charge is -2.18. The number of hydrogen-bond donors (Lipinski definition) is 2. The fraction of sp³-hybridized carbons (Fsp3) is 0.346. The number of hydrogen-bond acceptors (Lipinski definition) is 4. The Bertz CT molecular complexity index is 1210. The molecular formula is C26H31ClN4O3. The minimum atomic E-state index is -1.00. The van der Waals surface area contributed by atoms with Crippen LogP contribution in [0.3, 0.4) is 0 Å². The maximum absolute atomic E-state index is 11.3. The number of carbonyl (C=O) groups is 1. The summed E-state index contributed by atoms with van der Waals surface area (Å²) in [5.41, 5.74) is 3.79. The van der Waals surface area contributed by atoms with Crippen LogP contribution in [0.15, 0.2) is 60.8 Å². The first-order valence-electron chi connectivity index (χ1n) is 11.6. The predicted octanol–water partition coefficient (Wildman–Crippen LogP) is 5.44. The van der Waals surface area contributed by atoms with Crippen LogP contribution in [-0.2, 0) is 12.8 Å². The molecular weight excluding hydrogens is 452 g/mol. The van der Waals surface area contributed by atoms with Crippen molar-refractivity contribution in [3.8, 4) is 0 Å². The molecule has 0 saturated carbocycles. The number of imidazole rings is 1. The summed E-state index contributed by atoms with van der Waals surface area (Å²) in [4.78, 5) is 26.9. The van der Waals surface area contributed by atoms with Gasteiger partial charge in [-0.1, -0.05) is 61.9 Å². The number of aromatic nitrogens is 3. The fourth-order valence-electron chi connectivity index (χ4n) is 4.14. The third-order valence-corrected chi connectivity index (χ3v) is 5.74. The Hall–Kier alpha value is -3.32. The minimum Gasteiger partial charge on any atom is -0.465 e. The second-order valence-electron chi connectivity index (χ2n) is 8.25. The quantitative estimate of drug-likeness (QED) is 0.278. The van der Waals surface area contributed by atoms with Crippen LogP contribution in [0.4, 0.5) is 4.79 Å². The normalized spacial score (nSPS) is 11.8. The van der Waals surface area contributed by atoms with E-state index in [0.717, 1.165) is 52.6 Å². The van der Waals surface area contributed by atoms with E-state index in [1.807, 2.05) is 59.3 Å². The third kappa shape index (κ3) is 6.17. The molecule has 2 heterocycles. The highest BCUT2D eigenvalue weighted by molar-refractivity contribution is 6.02. The number of rotatable bonds is 11. The van der Waals surface area contributed by atoms with Crippen molar-refractivity contribution >= 4 is 40.4 Å². The molecule has 2 N–H and O–H groups in total. The number of para-hydroxylation sites is 1. The molecule has 1 atom stereocenters. The number of fused-ring (bicyclic) bond motifs is 3. The van der Waals surface area contributed by atoms with Gasteiger partial charge >= 0.3 is 6.09 Å². The van der Waals surface area contributed by atoms with Crippen LogP contribution in [0.1, 0.15) is 44.0 Å². The Balaban J connectivity index is 0.00000324. The first-order chi connectivity index (χ1) is 16.2. The van der Waals surface area contributed by atoms with E-state index in [9.17, 15) is 9.90 Å². The average Bonchev–Trinajstić information content (AvgIpc) is 3.18. The maximum atomic E-state index is 11.3. The molecule has 4 rings (SSSR count). The van der Waals surface area contributed by atoms with Crippen LogP contribution in [0.25, 0.3) is 21.9 Å². The zero-order valence-electron chi connectivity index (χ0n) is 19.3. The molecule has 7 nitrogen and oxygen atoms in total. The van der Waals surface area contributed by atoms with E-state index in [1.165, 1.54) is 0 Å². The number of nitrogens with zero attached hydrogens (tertiary/aromatic N) is 3. The van der Waals surface area contributed by atoms with Gasteiger partial charge in [0.2, 0.25) is 0 Å². The second kappa shape index (κ2) is 12.2. The minimum absolute atomic E-state index is 0. The van der Waals surface area contributed by atoms with Crippen LogP contribution in [0, 0.1) is 0 Å². The van der Waals surface area contributed by atoms with Gasteiger partial charge in [-0.25, -0.2) is 9.78 Å². The first kappa shape index (κ1) is 25.3. The Kier molecular flexibility index (Phi) is 9.10. The van der Waals surface area contributed by atoms with Gasteiger partial charge in [-0.2, -0.15) is 4.73 Å². The van der Waals surface area contributed by atoms with Crippen molar-refractivity contribution in [2.75, 3.05) is 6.61 Å². The molecule has 2 aromatic heterocycles. The number of carboxylic acid groups (broad SMARTS) is 1. The highest BCUT2D eigenvalue weighted by atomic mass is 35.5. The summed E-state index contributed by atoms with van der Waals surface area (Å²) in [6, 6.07) is 17.8. The van der Waals surface area contributed by atoms with Crippen molar-refractivity contribution in [2.24, 2.45) is 0 Å². The van der Waals surface area contributed by atoms with Crippen LogP contribution in [0.2, 0.25) is 0 Å².